The molecule has 0 aliphatic heterocycles. The monoisotopic (exact) mass is 453 g/mol. The van der Waals surface area contributed by atoms with Gasteiger partial charge in [-0.1, -0.05) is 61.5 Å². The molecule has 0 unspecified atom stereocenters. The van der Waals surface area contributed by atoms with Crippen LogP contribution in [0, 0.1) is 11.2 Å². The van der Waals surface area contributed by atoms with Gasteiger partial charge in [-0.25, -0.2) is 4.39 Å². The molecule has 0 aromatic heterocycles. The van der Waals surface area contributed by atoms with Gasteiger partial charge in [0.25, 0.3) is 5.91 Å². The molecular formula is C25H25ClFN3O2. The molecule has 5 nitrogen and oxygen atoms in total. The number of nitrogens with one attached hydrogen (secondary N) is 2. The van der Waals surface area contributed by atoms with E-state index in [-0.39, 0.29) is 35.9 Å². The van der Waals surface area contributed by atoms with E-state index in [2.05, 4.69) is 5.32 Å². The summed E-state index contributed by atoms with van der Waals surface area (Å²) < 4.78 is 14.0. The van der Waals surface area contributed by atoms with Crippen molar-refractivity contribution in [3.05, 3.63) is 99.8 Å². The highest BCUT2D eigenvalue weighted by Crippen LogP contribution is 2.21. The van der Waals surface area contributed by atoms with Crippen molar-refractivity contribution >= 4 is 34.8 Å². The largest absolute Gasteiger partial charge is 0.363 e. The van der Waals surface area contributed by atoms with E-state index in [1.807, 2.05) is 0 Å². The minimum atomic E-state index is -0.641. The molecule has 0 aliphatic rings. The average Bonchev–Trinajstić information content (AvgIpc) is 2.75. The summed E-state index contributed by atoms with van der Waals surface area (Å²) >= 11 is 5.75. The predicted octanol–water partition coefficient (Wildman–Crippen LogP) is 5.68. The Hall–Kier alpha value is -3.51. The number of hydrogen-bond acceptors (Lipinski definition) is 3. The van der Waals surface area contributed by atoms with Crippen LogP contribution in [0.25, 0.3) is 0 Å². The van der Waals surface area contributed by atoms with Gasteiger partial charge < -0.3 is 10.2 Å². The summed E-state index contributed by atoms with van der Waals surface area (Å²) in [6.07, 6.45) is 0.0111. The second kappa shape index (κ2) is 10.7. The van der Waals surface area contributed by atoms with E-state index in [1.54, 1.807) is 67.5 Å². The van der Waals surface area contributed by atoms with Gasteiger partial charge in [0.2, 0.25) is 0 Å². The van der Waals surface area contributed by atoms with Crippen molar-refractivity contribution in [1.82, 2.24) is 4.90 Å². The molecule has 0 saturated carbocycles. The zero-order chi connectivity index (χ0) is 22.5. The fourth-order valence-corrected chi connectivity index (χ4v) is 3.18. The van der Waals surface area contributed by atoms with Crippen LogP contribution in [0.3, 0.4) is 0 Å². The van der Waals surface area contributed by atoms with Crippen LogP contribution in [0.2, 0.25) is 5.02 Å². The molecular weight excluding hydrogens is 429 g/mol. The predicted molar refractivity (Wildman–Crippen MR) is 128 cm³/mol. The first-order valence-corrected chi connectivity index (χ1v) is 9.88. The number of amidine groups is 1. The number of ketones is 1. The molecule has 1 amide bonds. The molecule has 2 N–H and O–H groups in total. The number of amides is 1. The topological polar surface area (TPSA) is 73.3 Å². The maximum atomic E-state index is 14.0. The van der Waals surface area contributed by atoms with Crippen LogP contribution in [0.1, 0.15) is 39.3 Å². The van der Waals surface area contributed by atoms with Crippen molar-refractivity contribution in [3.63, 3.8) is 0 Å². The normalized spacial score (nSPS) is 10.1. The molecule has 166 valence electrons. The Kier molecular flexibility index (Phi) is 8.27. The van der Waals surface area contributed by atoms with Gasteiger partial charge in [0.1, 0.15) is 11.7 Å². The maximum Gasteiger partial charge on any atom is 0.256 e. The van der Waals surface area contributed by atoms with Gasteiger partial charge in [-0.05, 0) is 29.8 Å². The summed E-state index contributed by atoms with van der Waals surface area (Å²) in [4.78, 5) is 27.2. The standard InChI is InChI=1S/C24H21ClFN3O2.CH4/c1-29(2)23(27)16-9-7-15(8-10-16)22(30)13-17-5-3-4-6-19(17)24(31)28-21-12-11-18(25)14-20(21)26;/h3-12,14,27H,13H2,1-2H3,(H,28,31);1H4. The molecule has 0 saturated heterocycles. The summed E-state index contributed by atoms with van der Waals surface area (Å²) in [6, 6.07) is 17.5. The Morgan fingerprint density at radius 3 is 2.25 bits per heavy atom. The smallest absolute Gasteiger partial charge is 0.256 e. The summed E-state index contributed by atoms with van der Waals surface area (Å²) in [6.45, 7) is 0. The van der Waals surface area contributed by atoms with E-state index in [1.165, 1.54) is 12.1 Å². The molecule has 0 fully saturated rings. The highest BCUT2D eigenvalue weighted by molar-refractivity contribution is 6.30. The second-order valence-electron chi connectivity index (χ2n) is 7.16. The first-order chi connectivity index (χ1) is 14.8. The number of Topliss-reactive ketones (excluding diaryl/α,β-unsaturated/α-hetero) is 1. The number of hydrogen-bond donors (Lipinski definition) is 2. The first-order valence-electron chi connectivity index (χ1n) is 9.50. The van der Waals surface area contributed by atoms with Crippen LogP contribution in [0.5, 0.6) is 0 Å². The molecule has 7 heteroatoms. The van der Waals surface area contributed by atoms with Gasteiger partial charge >= 0.3 is 0 Å². The number of benzene rings is 3. The van der Waals surface area contributed by atoms with Crippen molar-refractivity contribution in [2.75, 3.05) is 19.4 Å². The summed E-state index contributed by atoms with van der Waals surface area (Å²) in [7, 11) is 3.55. The molecule has 3 rings (SSSR count). The third kappa shape index (κ3) is 5.80. The lowest BCUT2D eigenvalue weighted by Gasteiger charge is -2.14. The van der Waals surface area contributed by atoms with Crippen molar-refractivity contribution in [3.8, 4) is 0 Å². The minimum Gasteiger partial charge on any atom is -0.363 e. The average molecular weight is 454 g/mol. The zero-order valence-electron chi connectivity index (χ0n) is 17.1. The van der Waals surface area contributed by atoms with Crippen LogP contribution >= 0.6 is 11.6 Å². The zero-order valence-corrected chi connectivity index (χ0v) is 17.8. The lowest BCUT2D eigenvalue weighted by atomic mass is 9.97. The number of carbonyl (C=O) groups is 2. The van der Waals surface area contributed by atoms with Crippen LogP contribution in [-0.2, 0) is 6.42 Å². The lowest BCUT2D eigenvalue weighted by Crippen LogP contribution is -2.21. The quantitative estimate of drug-likeness (QED) is 0.286. The van der Waals surface area contributed by atoms with Gasteiger partial charge in [-0.15, -0.1) is 0 Å². The van der Waals surface area contributed by atoms with Gasteiger partial charge in [-0.3, -0.25) is 15.0 Å². The van der Waals surface area contributed by atoms with E-state index in [0.717, 1.165) is 6.07 Å². The molecule has 0 aliphatic carbocycles. The molecule has 32 heavy (non-hydrogen) atoms. The molecule has 0 spiro atoms. The SMILES string of the molecule is C.CN(C)C(=N)c1ccc(C(=O)Cc2ccccc2C(=O)Nc2ccc(Cl)cc2F)cc1. The number of halogens is 2. The third-order valence-electron chi connectivity index (χ3n) is 4.72. The fourth-order valence-electron chi connectivity index (χ4n) is 3.02. The molecule has 0 bridgehead atoms. The van der Waals surface area contributed by atoms with Gasteiger partial charge in [0, 0.05) is 42.2 Å². The maximum absolute atomic E-state index is 14.0. The second-order valence-corrected chi connectivity index (χ2v) is 7.59. The van der Waals surface area contributed by atoms with Crippen LogP contribution in [0.15, 0.2) is 66.7 Å². The lowest BCUT2D eigenvalue weighted by molar-refractivity contribution is 0.0992. The summed E-state index contributed by atoms with van der Waals surface area (Å²) in [5.41, 5.74) is 2.01. The van der Waals surface area contributed by atoms with Crippen molar-refractivity contribution in [1.29, 1.82) is 5.41 Å². The molecule has 3 aromatic rings. The van der Waals surface area contributed by atoms with E-state index in [9.17, 15) is 14.0 Å². The first kappa shape index (κ1) is 24.8. The third-order valence-corrected chi connectivity index (χ3v) is 4.95. The van der Waals surface area contributed by atoms with Crippen molar-refractivity contribution in [2.45, 2.75) is 13.8 Å². The van der Waals surface area contributed by atoms with Gasteiger partial charge in [-0.2, -0.15) is 0 Å². The van der Waals surface area contributed by atoms with Crippen molar-refractivity contribution in [2.24, 2.45) is 0 Å². The van der Waals surface area contributed by atoms with Crippen molar-refractivity contribution < 1.29 is 14.0 Å². The number of nitrogens with zero attached hydrogens (tertiary/aromatic N) is 1. The fraction of sp³-hybridized carbons (Fsp3) is 0.160. The van der Waals surface area contributed by atoms with Crippen LogP contribution < -0.4 is 5.32 Å². The van der Waals surface area contributed by atoms with Crippen LogP contribution in [-0.4, -0.2) is 36.5 Å². The summed E-state index contributed by atoms with van der Waals surface area (Å²) in [5.74, 6) is -0.978. The summed E-state index contributed by atoms with van der Waals surface area (Å²) in [5, 5.41) is 10.8. The molecule has 0 heterocycles. The van der Waals surface area contributed by atoms with E-state index in [0.29, 0.717) is 22.5 Å². The van der Waals surface area contributed by atoms with Crippen LogP contribution in [0.4, 0.5) is 10.1 Å². The molecule has 3 aromatic carbocycles. The highest BCUT2D eigenvalue weighted by atomic mass is 35.5. The number of anilines is 1. The Morgan fingerprint density at radius 1 is 1.00 bits per heavy atom. The number of rotatable bonds is 6. The molecule has 0 atom stereocenters. The Labute approximate surface area is 192 Å². The minimum absolute atomic E-state index is 0. The number of carbonyl (C=O) groups excluding carboxylic acids is 2. The highest BCUT2D eigenvalue weighted by Gasteiger charge is 2.16. The van der Waals surface area contributed by atoms with E-state index < -0.39 is 11.7 Å². The Balaban J connectivity index is 0.00000363. The van der Waals surface area contributed by atoms with E-state index in [4.69, 9.17) is 17.0 Å². The van der Waals surface area contributed by atoms with Gasteiger partial charge in [0.05, 0.1) is 5.69 Å². The van der Waals surface area contributed by atoms with E-state index >= 15 is 0 Å². The van der Waals surface area contributed by atoms with Gasteiger partial charge in [0.15, 0.2) is 5.78 Å². The Morgan fingerprint density at radius 2 is 1.62 bits per heavy atom. The Bertz CT molecular complexity index is 1140. The molecule has 0 radical (unpaired) electrons.